The SMILES string of the molecule is Cc1ccc(NC(N)=NCCC2CCCN(C(=O)OC(C)(C)C)C2)cc1. The molecule has 0 radical (unpaired) electrons. The molecule has 6 heteroatoms. The normalized spacial score (nSPS) is 18.5. The molecule has 26 heavy (non-hydrogen) atoms. The van der Waals surface area contributed by atoms with Crippen molar-refractivity contribution in [3.63, 3.8) is 0 Å². The lowest BCUT2D eigenvalue weighted by molar-refractivity contribution is 0.0163. The Morgan fingerprint density at radius 2 is 2.04 bits per heavy atom. The van der Waals surface area contributed by atoms with E-state index in [1.807, 2.05) is 56.9 Å². The molecule has 0 saturated carbocycles. The van der Waals surface area contributed by atoms with E-state index in [-0.39, 0.29) is 6.09 Å². The van der Waals surface area contributed by atoms with Gasteiger partial charge >= 0.3 is 6.09 Å². The third kappa shape index (κ3) is 6.94. The quantitative estimate of drug-likeness (QED) is 0.633. The summed E-state index contributed by atoms with van der Waals surface area (Å²) in [5, 5.41) is 3.10. The molecule has 3 N–H and O–H groups in total. The smallest absolute Gasteiger partial charge is 0.410 e. The Morgan fingerprint density at radius 1 is 1.35 bits per heavy atom. The molecule has 2 rings (SSSR count). The highest BCUT2D eigenvalue weighted by molar-refractivity contribution is 5.92. The zero-order valence-corrected chi connectivity index (χ0v) is 16.4. The average Bonchev–Trinajstić information content (AvgIpc) is 2.56. The molecule has 1 amide bonds. The molecule has 144 valence electrons. The lowest BCUT2D eigenvalue weighted by Gasteiger charge is -2.34. The first kappa shape index (κ1) is 20.1. The second-order valence-electron chi connectivity index (χ2n) is 7.98. The number of nitrogens with two attached hydrogens (primary N) is 1. The van der Waals surface area contributed by atoms with E-state index in [0.717, 1.165) is 38.0 Å². The number of rotatable bonds is 4. The number of likely N-dealkylation sites (tertiary alicyclic amines) is 1. The van der Waals surface area contributed by atoms with Crippen LogP contribution in [0.2, 0.25) is 0 Å². The summed E-state index contributed by atoms with van der Waals surface area (Å²) in [7, 11) is 0. The Hall–Kier alpha value is -2.24. The van der Waals surface area contributed by atoms with Crippen molar-refractivity contribution in [3.8, 4) is 0 Å². The Morgan fingerprint density at radius 3 is 2.69 bits per heavy atom. The van der Waals surface area contributed by atoms with Crippen LogP contribution in [0, 0.1) is 12.8 Å². The molecule has 0 bridgehead atoms. The van der Waals surface area contributed by atoms with Crippen LogP contribution in [0.1, 0.15) is 45.6 Å². The number of carbonyl (C=O) groups is 1. The average molecular weight is 361 g/mol. The number of benzene rings is 1. The topological polar surface area (TPSA) is 80.0 Å². The Labute approximate surface area is 156 Å². The van der Waals surface area contributed by atoms with Gasteiger partial charge < -0.3 is 20.7 Å². The fourth-order valence-electron chi connectivity index (χ4n) is 2.98. The van der Waals surface area contributed by atoms with Crippen LogP contribution in [0.5, 0.6) is 0 Å². The van der Waals surface area contributed by atoms with Crippen molar-refractivity contribution in [3.05, 3.63) is 29.8 Å². The van der Waals surface area contributed by atoms with Crippen molar-refractivity contribution < 1.29 is 9.53 Å². The number of nitrogens with one attached hydrogen (secondary N) is 1. The van der Waals surface area contributed by atoms with E-state index < -0.39 is 5.60 Å². The minimum atomic E-state index is -0.454. The predicted molar refractivity (Wildman–Crippen MR) is 106 cm³/mol. The number of hydrogen-bond acceptors (Lipinski definition) is 3. The number of aryl methyl sites for hydroxylation is 1. The first-order valence-corrected chi connectivity index (χ1v) is 9.34. The number of carbonyl (C=O) groups excluding carboxylic acids is 1. The van der Waals surface area contributed by atoms with Gasteiger partial charge in [0, 0.05) is 25.3 Å². The third-order valence-corrected chi connectivity index (χ3v) is 4.31. The maximum absolute atomic E-state index is 12.2. The molecular weight excluding hydrogens is 328 g/mol. The minimum Gasteiger partial charge on any atom is -0.444 e. The van der Waals surface area contributed by atoms with Gasteiger partial charge in [0.1, 0.15) is 5.60 Å². The number of guanidine groups is 1. The molecule has 1 aromatic carbocycles. The highest BCUT2D eigenvalue weighted by atomic mass is 16.6. The van der Waals surface area contributed by atoms with Crippen LogP contribution >= 0.6 is 0 Å². The number of hydrogen-bond donors (Lipinski definition) is 2. The number of piperidine rings is 1. The van der Waals surface area contributed by atoms with Gasteiger partial charge in [-0.2, -0.15) is 0 Å². The van der Waals surface area contributed by atoms with Crippen LogP contribution in [-0.2, 0) is 4.74 Å². The summed E-state index contributed by atoms with van der Waals surface area (Å²) in [4.78, 5) is 18.4. The van der Waals surface area contributed by atoms with Crippen molar-refractivity contribution in [2.24, 2.45) is 16.6 Å². The van der Waals surface area contributed by atoms with E-state index >= 15 is 0 Å². The van der Waals surface area contributed by atoms with Crippen molar-refractivity contribution in [2.45, 2.75) is 52.6 Å². The van der Waals surface area contributed by atoms with Crippen LogP contribution in [0.4, 0.5) is 10.5 Å². The van der Waals surface area contributed by atoms with Crippen LogP contribution in [0.3, 0.4) is 0 Å². The number of amides is 1. The first-order valence-electron chi connectivity index (χ1n) is 9.34. The van der Waals surface area contributed by atoms with Crippen LogP contribution < -0.4 is 11.1 Å². The molecular formula is C20H32N4O2. The fourth-order valence-corrected chi connectivity index (χ4v) is 2.98. The molecule has 0 aliphatic carbocycles. The Balaban J connectivity index is 1.77. The Bertz CT molecular complexity index is 620. The number of nitrogens with zero attached hydrogens (tertiary/aromatic N) is 2. The van der Waals surface area contributed by atoms with Gasteiger partial charge in [0.25, 0.3) is 0 Å². The molecule has 1 fully saturated rings. The molecule has 1 heterocycles. The van der Waals surface area contributed by atoms with E-state index in [9.17, 15) is 4.79 Å². The largest absolute Gasteiger partial charge is 0.444 e. The second kappa shape index (κ2) is 8.92. The van der Waals surface area contributed by atoms with Crippen molar-refractivity contribution in [1.82, 2.24) is 4.90 Å². The van der Waals surface area contributed by atoms with Gasteiger partial charge in [0.05, 0.1) is 0 Å². The molecule has 1 aliphatic rings. The molecule has 0 spiro atoms. The van der Waals surface area contributed by atoms with Gasteiger partial charge in [-0.25, -0.2) is 4.79 Å². The van der Waals surface area contributed by atoms with Crippen molar-refractivity contribution in [2.75, 3.05) is 25.0 Å². The van der Waals surface area contributed by atoms with E-state index in [1.165, 1.54) is 5.56 Å². The molecule has 6 nitrogen and oxygen atoms in total. The molecule has 1 saturated heterocycles. The third-order valence-electron chi connectivity index (χ3n) is 4.31. The highest BCUT2D eigenvalue weighted by Gasteiger charge is 2.27. The standard InChI is InChI=1S/C20H32N4O2/c1-15-7-9-17(10-8-15)23-18(21)22-12-11-16-6-5-13-24(14-16)19(25)26-20(2,3)4/h7-10,16H,5-6,11-14H2,1-4H3,(H3,21,22,23). The van der Waals surface area contributed by atoms with Crippen molar-refractivity contribution in [1.29, 1.82) is 0 Å². The maximum Gasteiger partial charge on any atom is 0.410 e. The van der Waals surface area contributed by atoms with Gasteiger partial charge in [0.15, 0.2) is 5.96 Å². The summed E-state index contributed by atoms with van der Waals surface area (Å²) in [6, 6.07) is 8.03. The molecule has 0 aromatic heterocycles. The van der Waals surface area contributed by atoms with E-state index in [1.54, 1.807) is 0 Å². The van der Waals surface area contributed by atoms with Gasteiger partial charge in [-0.1, -0.05) is 17.7 Å². The highest BCUT2D eigenvalue weighted by Crippen LogP contribution is 2.21. The van der Waals surface area contributed by atoms with Gasteiger partial charge in [-0.3, -0.25) is 4.99 Å². The van der Waals surface area contributed by atoms with Gasteiger partial charge in [0.2, 0.25) is 0 Å². The number of ether oxygens (including phenoxy) is 1. The first-order chi connectivity index (χ1) is 12.2. The summed E-state index contributed by atoms with van der Waals surface area (Å²) < 4.78 is 5.47. The lowest BCUT2D eigenvalue weighted by atomic mass is 9.95. The maximum atomic E-state index is 12.2. The van der Waals surface area contributed by atoms with Crippen molar-refractivity contribution >= 4 is 17.7 Å². The summed E-state index contributed by atoms with van der Waals surface area (Å²) in [6.07, 6.45) is 2.81. The summed E-state index contributed by atoms with van der Waals surface area (Å²) >= 11 is 0. The number of anilines is 1. The van der Waals surface area contributed by atoms with Gasteiger partial charge in [-0.15, -0.1) is 0 Å². The molecule has 1 atom stereocenters. The van der Waals surface area contributed by atoms with E-state index in [4.69, 9.17) is 10.5 Å². The van der Waals surface area contributed by atoms with Crippen LogP contribution in [-0.4, -0.2) is 42.2 Å². The summed E-state index contributed by atoms with van der Waals surface area (Å²) in [5.41, 5.74) is 7.65. The predicted octanol–water partition coefficient (Wildman–Crippen LogP) is 3.76. The Kier molecular flexibility index (Phi) is 6.89. The minimum absolute atomic E-state index is 0.216. The molecule has 1 aliphatic heterocycles. The monoisotopic (exact) mass is 360 g/mol. The molecule has 1 unspecified atom stereocenters. The lowest BCUT2D eigenvalue weighted by Crippen LogP contribution is -2.43. The van der Waals surface area contributed by atoms with Crippen LogP contribution in [0.25, 0.3) is 0 Å². The van der Waals surface area contributed by atoms with Crippen LogP contribution in [0.15, 0.2) is 29.3 Å². The van der Waals surface area contributed by atoms with E-state index in [2.05, 4.69) is 10.3 Å². The van der Waals surface area contributed by atoms with E-state index in [0.29, 0.717) is 18.4 Å². The number of aliphatic imine (C=N–C) groups is 1. The van der Waals surface area contributed by atoms with Gasteiger partial charge in [-0.05, 0) is 65.0 Å². The summed E-state index contributed by atoms with van der Waals surface area (Å²) in [6.45, 7) is 9.88. The molecule has 1 aromatic rings. The zero-order chi connectivity index (χ0) is 19.2. The summed E-state index contributed by atoms with van der Waals surface area (Å²) in [5.74, 6) is 0.862. The fraction of sp³-hybridized carbons (Fsp3) is 0.600. The zero-order valence-electron chi connectivity index (χ0n) is 16.4. The second-order valence-corrected chi connectivity index (χ2v) is 7.98.